The lowest BCUT2D eigenvalue weighted by Gasteiger charge is -2.12. The Morgan fingerprint density at radius 1 is 1.44 bits per heavy atom. The Morgan fingerprint density at radius 2 is 2.00 bits per heavy atom. The smallest absolute Gasteiger partial charge is 0.405 e. The molecule has 1 aromatic carbocycles. The van der Waals surface area contributed by atoms with Crippen LogP contribution in [0.4, 0.5) is 13.2 Å². The molecule has 0 spiro atoms. The number of Topliss-reactive ketones (excluding diaryl/α,β-unsaturated/α-hetero) is 1. The van der Waals surface area contributed by atoms with Crippen LogP contribution in [0.15, 0.2) is 12.1 Å². The second-order valence-electron chi connectivity index (χ2n) is 2.84. The summed E-state index contributed by atoms with van der Waals surface area (Å²) < 4.78 is 39.7. The molecule has 2 nitrogen and oxygen atoms in total. The van der Waals surface area contributed by atoms with Crippen molar-refractivity contribution in [3.63, 3.8) is 0 Å². The molecular weight excluding hydrogens is 359 g/mol. The van der Waals surface area contributed by atoms with E-state index in [1.165, 1.54) is 13.0 Å². The van der Waals surface area contributed by atoms with Gasteiger partial charge in [0.15, 0.2) is 5.78 Å². The molecule has 0 aliphatic rings. The quantitative estimate of drug-likeness (QED) is 0.585. The van der Waals surface area contributed by atoms with Crippen LogP contribution in [0.1, 0.15) is 17.3 Å². The van der Waals surface area contributed by atoms with Crippen molar-refractivity contribution in [2.75, 3.05) is 0 Å². The lowest BCUT2D eigenvalue weighted by atomic mass is 10.1. The molecular formula is C9H5ClF3IO2. The maximum absolute atomic E-state index is 12.0. The predicted octanol–water partition coefficient (Wildman–Crippen LogP) is 4.05. The Hall–Kier alpha value is -0.500. The fourth-order valence-electron chi connectivity index (χ4n) is 1.01. The van der Waals surface area contributed by atoms with Gasteiger partial charge in [-0.2, -0.15) is 0 Å². The van der Waals surface area contributed by atoms with E-state index >= 15 is 0 Å². The summed E-state index contributed by atoms with van der Waals surface area (Å²) in [6.45, 7) is 1.28. The van der Waals surface area contributed by atoms with E-state index in [9.17, 15) is 18.0 Å². The van der Waals surface area contributed by atoms with Crippen molar-refractivity contribution < 1.29 is 22.7 Å². The van der Waals surface area contributed by atoms with E-state index in [1.807, 2.05) is 0 Å². The number of ketones is 1. The number of halogens is 5. The number of rotatable bonds is 2. The third kappa shape index (κ3) is 3.24. The molecule has 1 rings (SSSR count). The predicted molar refractivity (Wildman–Crippen MR) is 60.9 cm³/mol. The first-order chi connectivity index (χ1) is 7.22. The summed E-state index contributed by atoms with van der Waals surface area (Å²) in [6, 6.07) is 2.27. The van der Waals surface area contributed by atoms with Gasteiger partial charge < -0.3 is 4.74 Å². The van der Waals surface area contributed by atoms with Gasteiger partial charge in [0.05, 0.1) is 8.59 Å². The van der Waals surface area contributed by atoms with E-state index in [4.69, 9.17) is 11.6 Å². The van der Waals surface area contributed by atoms with E-state index in [-0.39, 0.29) is 19.9 Å². The number of carbonyl (C=O) groups excluding carboxylic acids is 1. The molecule has 0 aliphatic heterocycles. The molecule has 7 heteroatoms. The first-order valence-electron chi connectivity index (χ1n) is 3.97. The molecule has 0 aliphatic carbocycles. The third-order valence-electron chi connectivity index (χ3n) is 1.65. The number of carbonyl (C=O) groups is 1. The Kier molecular flexibility index (Phi) is 4.06. The van der Waals surface area contributed by atoms with Gasteiger partial charge >= 0.3 is 6.36 Å². The molecule has 0 fully saturated rings. The summed E-state index contributed by atoms with van der Waals surface area (Å²) in [4.78, 5) is 11.1. The van der Waals surface area contributed by atoms with Gasteiger partial charge in [0, 0.05) is 5.56 Å². The highest BCUT2D eigenvalue weighted by Crippen LogP contribution is 2.34. The van der Waals surface area contributed by atoms with E-state index in [0.29, 0.717) is 0 Å². The highest BCUT2D eigenvalue weighted by Gasteiger charge is 2.32. The first kappa shape index (κ1) is 13.6. The van der Waals surface area contributed by atoms with E-state index in [0.717, 1.165) is 6.07 Å². The van der Waals surface area contributed by atoms with Crippen molar-refractivity contribution in [2.24, 2.45) is 0 Å². The van der Waals surface area contributed by atoms with Crippen molar-refractivity contribution in [3.05, 3.63) is 26.3 Å². The molecule has 0 N–H and O–H groups in total. The van der Waals surface area contributed by atoms with Gasteiger partial charge in [-0.3, -0.25) is 4.79 Å². The molecule has 0 saturated heterocycles. The van der Waals surface area contributed by atoms with Crippen LogP contribution in [0, 0.1) is 3.57 Å². The lowest BCUT2D eigenvalue weighted by molar-refractivity contribution is -0.274. The van der Waals surface area contributed by atoms with Crippen molar-refractivity contribution in [3.8, 4) is 5.75 Å². The van der Waals surface area contributed by atoms with Crippen LogP contribution in [0.2, 0.25) is 5.02 Å². The van der Waals surface area contributed by atoms with Crippen LogP contribution in [-0.2, 0) is 0 Å². The molecule has 0 heterocycles. The van der Waals surface area contributed by atoms with E-state index in [2.05, 4.69) is 4.74 Å². The maximum Gasteiger partial charge on any atom is 0.573 e. The highest BCUT2D eigenvalue weighted by atomic mass is 127. The fraction of sp³-hybridized carbons (Fsp3) is 0.222. The fourth-order valence-corrected chi connectivity index (χ4v) is 1.88. The van der Waals surface area contributed by atoms with Crippen molar-refractivity contribution >= 4 is 40.0 Å². The summed E-state index contributed by atoms with van der Waals surface area (Å²) in [7, 11) is 0. The topological polar surface area (TPSA) is 26.3 Å². The Morgan fingerprint density at radius 3 is 2.44 bits per heavy atom. The SMILES string of the molecule is CC(=O)c1ccc(OC(F)(F)F)c(I)c1Cl. The zero-order valence-corrected chi connectivity index (χ0v) is 10.8. The van der Waals surface area contributed by atoms with Crippen molar-refractivity contribution in [2.45, 2.75) is 13.3 Å². The van der Waals surface area contributed by atoms with Gasteiger partial charge in [0.1, 0.15) is 5.75 Å². The molecule has 0 aromatic heterocycles. The third-order valence-corrected chi connectivity index (χ3v) is 3.43. The van der Waals surface area contributed by atoms with E-state index in [1.54, 1.807) is 22.6 Å². The zero-order valence-electron chi connectivity index (χ0n) is 7.86. The molecule has 0 bridgehead atoms. The molecule has 0 atom stereocenters. The summed E-state index contributed by atoms with van der Waals surface area (Å²) in [5, 5.41) is -0.0325. The van der Waals surface area contributed by atoms with Gasteiger partial charge in [-0.15, -0.1) is 13.2 Å². The van der Waals surface area contributed by atoms with Gasteiger partial charge in [0.25, 0.3) is 0 Å². The minimum Gasteiger partial charge on any atom is -0.405 e. The highest BCUT2D eigenvalue weighted by molar-refractivity contribution is 14.1. The minimum absolute atomic E-state index is 0.0325. The largest absolute Gasteiger partial charge is 0.573 e. The number of benzene rings is 1. The van der Waals surface area contributed by atoms with Crippen LogP contribution < -0.4 is 4.74 Å². The van der Waals surface area contributed by atoms with Gasteiger partial charge in [-0.25, -0.2) is 0 Å². The standard InChI is InChI=1S/C9H5ClF3IO2/c1-4(15)5-2-3-6(8(14)7(5)10)16-9(11,12)13/h2-3H,1H3. The number of alkyl halides is 3. The van der Waals surface area contributed by atoms with Crippen LogP contribution >= 0.6 is 34.2 Å². The van der Waals surface area contributed by atoms with E-state index < -0.39 is 12.1 Å². The van der Waals surface area contributed by atoms with Crippen molar-refractivity contribution in [1.29, 1.82) is 0 Å². The molecule has 0 unspecified atom stereocenters. The summed E-state index contributed by atoms with van der Waals surface area (Å²) >= 11 is 7.34. The summed E-state index contributed by atoms with van der Waals surface area (Å²) in [6.07, 6.45) is -4.78. The minimum atomic E-state index is -4.78. The van der Waals surface area contributed by atoms with Crippen LogP contribution in [0.3, 0.4) is 0 Å². The average Bonchev–Trinajstić information content (AvgIpc) is 2.10. The van der Waals surface area contributed by atoms with Gasteiger partial charge in [0.2, 0.25) is 0 Å². The maximum atomic E-state index is 12.0. The average molecular weight is 364 g/mol. The summed E-state index contributed by atoms with van der Waals surface area (Å²) in [5.41, 5.74) is 0.167. The molecule has 0 amide bonds. The lowest BCUT2D eigenvalue weighted by Crippen LogP contribution is -2.18. The zero-order chi connectivity index (χ0) is 12.5. The molecule has 16 heavy (non-hydrogen) atoms. The molecule has 88 valence electrons. The number of hydrogen-bond acceptors (Lipinski definition) is 2. The summed E-state index contributed by atoms with van der Waals surface area (Å²) in [5.74, 6) is -0.732. The van der Waals surface area contributed by atoms with Crippen LogP contribution in [0.5, 0.6) is 5.75 Å². The van der Waals surface area contributed by atoms with Gasteiger partial charge in [-0.1, -0.05) is 11.6 Å². The van der Waals surface area contributed by atoms with Crippen molar-refractivity contribution in [1.82, 2.24) is 0 Å². The Bertz CT molecular complexity index is 431. The van der Waals surface area contributed by atoms with Crippen LogP contribution in [-0.4, -0.2) is 12.1 Å². The van der Waals surface area contributed by atoms with Gasteiger partial charge in [-0.05, 0) is 41.6 Å². The monoisotopic (exact) mass is 364 g/mol. The molecule has 1 aromatic rings. The second kappa shape index (κ2) is 4.79. The number of hydrogen-bond donors (Lipinski definition) is 0. The molecule has 0 saturated carbocycles. The number of ether oxygens (including phenoxy) is 1. The van der Waals surface area contributed by atoms with Crippen LogP contribution in [0.25, 0.3) is 0 Å². The molecule has 0 radical (unpaired) electrons. The Labute approximate surface area is 108 Å². The normalized spacial score (nSPS) is 11.4. The first-order valence-corrected chi connectivity index (χ1v) is 5.42. The second-order valence-corrected chi connectivity index (χ2v) is 4.30. The Balaban J connectivity index is 3.17.